The van der Waals surface area contributed by atoms with Crippen molar-refractivity contribution in [1.29, 1.82) is 0 Å². The van der Waals surface area contributed by atoms with Crippen LogP contribution in [-0.4, -0.2) is 36.7 Å². The molecule has 4 heterocycles. The molecule has 7 nitrogen and oxygen atoms in total. The van der Waals surface area contributed by atoms with Gasteiger partial charge in [-0.15, -0.1) is 11.3 Å². The quantitative estimate of drug-likeness (QED) is 0.778. The smallest absolute Gasteiger partial charge is 0.273 e. The second-order valence-electron chi connectivity index (χ2n) is 5.57. The Morgan fingerprint density at radius 2 is 2.26 bits per heavy atom. The number of hydrogen-bond donors (Lipinski definition) is 1. The summed E-state index contributed by atoms with van der Waals surface area (Å²) in [5, 5.41) is 1.76. The van der Waals surface area contributed by atoms with Gasteiger partial charge in [-0.1, -0.05) is 0 Å². The molecule has 1 N–H and O–H groups in total. The molecule has 1 fully saturated rings. The number of amides is 1. The highest BCUT2D eigenvalue weighted by Gasteiger charge is 2.30. The number of carbonyl (C=O) groups excluding carboxylic acids is 1. The summed E-state index contributed by atoms with van der Waals surface area (Å²) in [7, 11) is 0. The standard InChI is InChI=1S/C15H15N5O2S/c21-13-7-10(18-15-16-4-6-20(13)15)12-3-1-2-5-19(12)14(22)11-8-23-9-17-11/h4,6-9,12H,1-3,5H2,(H,16,18)/t12-/m1/s1. The predicted molar refractivity (Wildman–Crippen MR) is 85.6 cm³/mol. The largest absolute Gasteiger partial charge is 0.329 e. The minimum absolute atomic E-state index is 0.0833. The molecule has 3 aromatic rings. The average molecular weight is 329 g/mol. The van der Waals surface area contributed by atoms with Crippen molar-refractivity contribution in [1.82, 2.24) is 24.3 Å². The van der Waals surface area contributed by atoms with Gasteiger partial charge in [-0.25, -0.2) is 9.97 Å². The zero-order valence-corrected chi connectivity index (χ0v) is 13.1. The summed E-state index contributed by atoms with van der Waals surface area (Å²) in [4.78, 5) is 38.2. The molecule has 118 valence electrons. The minimum atomic E-state index is -0.146. The van der Waals surface area contributed by atoms with Crippen LogP contribution in [0.5, 0.6) is 0 Å². The SMILES string of the molecule is O=C(c1cscn1)N1CCCC[C@@H]1c1cc(=O)n2ccnc2[nH]1. The van der Waals surface area contributed by atoms with Gasteiger partial charge in [0, 0.05) is 36.1 Å². The summed E-state index contributed by atoms with van der Waals surface area (Å²) in [6.07, 6.45) is 6.01. The third-order valence-electron chi connectivity index (χ3n) is 4.19. The van der Waals surface area contributed by atoms with E-state index in [1.54, 1.807) is 29.4 Å². The van der Waals surface area contributed by atoms with E-state index in [0.29, 0.717) is 18.0 Å². The van der Waals surface area contributed by atoms with E-state index < -0.39 is 0 Å². The molecular formula is C15H15N5O2S. The lowest BCUT2D eigenvalue weighted by Gasteiger charge is -2.35. The molecule has 0 radical (unpaired) electrons. The van der Waals surface area contributed by atoms with Gasteiger partial charge >= 0.3 is 0 Å². The first-order valence-electron chi connectivity index (χ1n) is 7.49. The summed E-state index contributed by atoms with van der Waals surface area (Å²) in [6, 6.07) is 1.42. The van der Waals surface area contributed by atoms with Crippen molar-refractivity contribution in [2.24, 2.45) is 0 Å². The Kier molecular flexibility index (Phi) is 3.45. The first-order valence-corrected chi connectivity index (χ1v) is 8.44. The molecule has 1 saturated heterocycles. The number of imidazole rings is 1. The average Bonchev–Trinajstić information content (AvgIpc) is 3.25. The summed E-state index contributed by atoms with van der Waals surface area (Å²) < 4.78 is 1.46. The van der Waals surface area contributed by atoms with Crippen molar-refractivity contribution >= 4 is 23.0 Å². The zero-order valence-electron chi connectivity index (χ0n) is 12.3. The van der Waals surface area contributed by atoms with E-state index in [9.17, 15) is 9.59 Å². The number of aromatic amines is 1. The summed E-state index contributed by atoms with van der Waals surface area (Å²) in [5.74, 6) is 0.416. The predicted octanol–water partition coefficient (Wildman–Crippen LogP) is 1.85. The summed E-state index contributed by atoms with van der Waals surface area (Å²) >= 11 is 1.40. The number of carbonyl (C=O) groups is 1. The highest BCUT2D eigenvalue weighted by atomic mass is 32.1. The van der Waals surface area contributed by atoms with Crippen molar-refractivity contribution in [3.63, 3.8) is 0 Å². The topological polar surface area (TPSA) is 83.4 Å². The van der Waals surface area contributed by atoms with Crippen LogP contribution in [0.4, 0.5) is 0 Å². The Hall–Kier alpha value is -2.48. The second kappa shape index (κ2) is 5.62. The van der Waals surface area contributed by atoms with Gasteiger partial charge in [-0.3, -0.25) is 14.0 Å². The number of thiazole rings is 1. The Labute approximate surface area is 135 Å². The fraction of sp³-hybridized carbons (Fsp3) is 0.333. The summed E-state index contributed by atoms with van der Waals surface area (Å²) in [6.45, 7) is 0.669. The Balaban J connectivity index is 1.74. The van der Waals surface area contributed by atoms with E-state index in [2.05, 4.69) is 15.0 Å². The van der Waals surface area contributed by atoms with E-state index in [1.165, 1.54) is 15.7 Å². The fourth-order valence-corrected chi connectivity index (χ4v) is 3.61. The number of nitrogens with zero attached hydrogens (tertiary/aromatic N) is 4. The molecule has 0 bridgehead atoms. The van der Waals surface area contributed by atoms with Crippen LogP contribution in [0.15, 0.2) is 34.1 Å². The Bertz CT molecular complexity index is 898. The number of likely N-dealkylation sites (tertiary alicyclic amines) is 1. The normalized spacial score (nSPS) is 18.4. The van der Waals surface area contributed by atoms with E-state index in [4.69, 9.17) is 0 Å². The number of rotatable bonds is 2. The van der Waals surface area contributed by atoms with Gasteiger partial charge in [0.2, 0.25) is 5.78 Å². The molecule has 0 unspecified atom stereocenters. The lowest BCUT2D eigenvalue weighted by atomic mass is 9.98. The summed E-state index contributed by atoms with van der Waals surface area (Å²) in [5.41, 5.74) is 2.71. The van der Waals surface area contributed by atoms with Gasteiger partial charge in [0.25, 0.3) is 11.5 Å². The van der Waals surface area contributed by atoms with E-state index in [-0.39, 0.29) is 17.5 Å². The van der Waals surface area contributed by atoms with E-state index in [1.807, 2.05) is 4.90 Å². The third-order valence-corrected chi connectivity index (χ3v) is 4.77. The van der Waals surface area contributed by atoms with Gasteiger partial charge in [0.05, 0.1) is 11.6 Å². The van der Waals surface area contributed by atoms with Crippen molar-refractivity contribution < 1.29 is 4.79 Å². The molecule has 0 spiro atoms. The highest BCUT2D eigenvalue weighted by Crippen LogP contribution is 2.30. The molecule has 3 aromatic heterocycles. The molecule has 1 aliphatic rings. The maximum Gasteiger partial charge on any atom is 0.273 e. The number of fused-ring (bicyclic) bond motifs is 1. The fourth-order valence-electron chi connectivity index (χ4n) is 3.08. The molecule has 23 heavy (non-hydrogen) atoms. The van der Waals surface area contributed by atoms with Crippen molar-refractivity contribution in [2.45, 2.75) is 25.3 Å². The van der Waals surface area contributed by atoms with Crippen LogP contribution in [-0.2, 0) is 0 Å². The molecule has 1 amide bonds. The van der Waals surface area contributed by atoms with Gasteiger partial charge in [-0.05, 0) is 19.3 Å². The first-order chi connectivity index (χ1) is 11.2. The first kappa shape index (κ1) is 14.1. The van der Waals surface area contributed by atoms with Gasteiger partial charge in [-0.2, -0.15) is 0 Å². The molecule has 0 saturated carbocycles. The minimum Gasteiger partial charge on any atom is -0.329 e. The lowest BCUT2D eigenvalue weighted by Crippen LogP contribution is -2.39. The number of aromatic nitrogens is 4. The molecule has 1 aliphatic heterocycles. The monoisotopic (exact) mass is 329 g/mol. The molecular weight excluding hydrogens is 314 g/mol. The Morgan fingerprint density at radius 3 is 3.09 bits per heavy atom. The van der Waals surface area contributed by atoms with E-state index in [0.717, 1.165) is 25.0 Å². The van der Waals surface area contributed by atoms with Crippen LogP contribution in [0.25, 0.3) is 5.78 Å². The molecule has 0 aliphatic carbocycles. The molecule has 8 heteroatoms. The van der Waals surface area contributed by atoms with Gasteiger partial charge < -0.3 is 9.88 Å². The van der Waals surface area contributed by atoms with Gasteiger partial charge in [0.15, 0.2) is 0 Å². The Morgan fingerprint density at radius 1 is 1.35 bits per heavy atom. The lowest BCUT2D eigenvalue weighted by molar-refractivity contribution is 0.0600. The van der Waals surface area contributed by atoms with Crippen LogP contribution in [0.1, 0.15) is 41.5 Å². The molecule has 0 aromatic carbocycles. The zero-order chi connectivity index (χ0) is 15.8. The number of piperidine rings is 1. The maximum atomic E-state index is 12.7. The number of H-pyrrole nitrogens is 1. The molecule has 4 rings (SSSR count). The highest BCUT2D eigenvalue weighted by molar-refractivity contribution is 7.07. The van der Waals surface area contributed by atoms with Crippen molar-refractivity contribution in [3.05, 3.63) is 51.1 Å². The number of nitrogens with one attached hydrogen (secondary N) is 1. The third kappa shape index (κ3) is 2.44. The maximum absolute atomic E-state index is 12.7. The van der Waals surface area contributed by atoms with Gasteiger partial charge in [0.1, 0.15) is 5.69 Å². The van der Waals surface area contributed by atoms with Crippen molar-refractivity contribution in [3.8, 4) is 0 Å². The van der Waals surface area contributed by atoms with E-state index >= 15 is 0 Å². The second-order valence-corrected chi connectivity index (χ2v) is 6.29. The van der Waals surface area contributed by atoms with Crippen LogP contribution < -0.4 is 5.56 Å². The molecule has 1 atom stereocenters. The van der Waals surface area contributed by atoms with Crippen LogP contribution >= 0.6 is 11.3 Å². The number of hydrogen-bond acceptors (Lipinski definition) is 5. The van der Waals surface area contributed by atoms with Crippen LogP contribution in [0.3, 0.4) is 0 Å². The van der Waals surface area contributed by atoms with Crippen molar-refractivity contribution in [2.75, 3.05) is 6.54 Å². The van der Waals surface area contributed by atoms with Crippen LogP contribution in [0, 0.1) is 0 Å². The van der Waals surface area contributed by atoms with Crippen LogP contribution in [0.2, 0.25) is 0 Å².